The monoisotopic (exact) mass is 182 g/mol. The lowest BCUT2D eigenvalue weighted by Gasteiger charge is -2.04. The Labute approximate surface area is 72.1 Å². The van der Waals surface area contributed by atoms with E-state index in [4.69, 9.17) is 16.7 Å². The van der Waals surface area contributed by atoms with Crippen LogP contribution in [0.15, 0.2) is 0 Å². The minimum absolute atomic E-state index is 0.316. The maximum Gasteiger partial charge on any atom is 0.0765 e. The molecule has 3 heteroatoms. The van der Waals surface area contributed by atoms with Gasteiger partial charge in [-0.3, -0.25) is 0 Å². The number of hydrogen-bond donors (Lipinski definition) is 1. The first-order valence-corrected chi connectivity index (χ1v) is 5.32. The van der Waals surface area contributed by atoms with Crippen molar-refractivity contribution in [3.05, 3.63) is 0 Å². The van der Waals surface area contributed by atoms with Gasteiger partial charge in [0.1, 0.15) is 0 Å². The molecule has 1 nitrogen and oxygen atoms in total. The molecule has 0 fully saturated rings. The number of thioether (sulfide) groups is 1. The van der Waals surface area contributed by atoms with Crippen LogP contribution in [0.3, 0.4) is 0 Å². The molecule has 0 aliphatic heterocycles. The van der Waals surface area contributed by atoms with Gasteiger partial charge in [0.05, 0.1) is 6.10 Å². The number of alkyl halides is 1. The van der Waals surface area contributed by atoms with Crippen molar-refractivity contribution in [2.45, 2.75) is 25.9 Å². The van der Waals surface area contributed by atoms with Crippen molar-refractivity contribution >= 4 is 23.4 Å². The van der Waals surface area contributed by atoms with E-state index in [9.17, 15) is 0 Å². The number of halogens is 1. The third-order valence-electron chi connectivity index (χ3n) is 1.13. The molecule has 62 valence electrons. The molecule has 0 aliphatic rings. The van der Waals surface area contributed by atoms with Crippen LogP contribution >= 0.6 is 23.4 Å². The molecular formula is C7H15ClOS. The number of unbranched alkanes of at least 4 members (excludes halogenated alkanes) is 1. The summed E-state index contributed by atoms with van der Waals surface area (Å²) in [5, 5.41) is 9.00. The molecule has 0 saturated carbocycles. The van der Waals surface area contributed by atoms with Gasteiger partial charge in [-0.25, -0.2) is 0 Å². The van der Waals surface area contributed by atoms with E-state index in [0.717, 1.165) is 11.5 Å². The van der Waals surface area contributed by atoms with Gasteiger partial charge in [-0.1, -0.05) is 13.3 Å². The predicted octanol–water partition coefficient (Wildman–Crippen LogP) is 2.12. The molecule has 0 radical (unpaired) electrons. The summed E-state index contributed by atoms with van der Waals surface area (Å²) >= 11 is 7.18. The lowest BCUT2D eigenvalue weighted by molar-refractivity contribution is 0.223. The first-order valence-electron chi connectivity index (χ1n) is 3.63. The van der Waals surface area contributed by atoms with Gasteiger partial charge in [-0.2, -0.15) is 11.8 Å². The van der Waals surface area contributed by atoms with E-state index in [1.165, 1.54) is 12.8 Å². The van der Waals surface area contributed by atoms with Crippen LogP contribution in [0, 0.1) is 0 Å². The van der Waals surface area contributed by atoms with Crippen molar-refractivity contribution in [3.8, 4) is 0 Å². The normalized spacial score (nSPS) is 13.5. The minimum atomic E-state index is -0.316. The van der Waals surface area contributed by atoms with Crippen LogP contribution in [-0.2, 0) is 0 Å². The zero-order chi connectivity index (χ0) is 7.82. The second-order valence-corrected chi connectivity index (χ2v) is 3.70. The van der Waals surface area contributed by atoms with Crippen LogP contribution in [0.2, 0.25) is 0 Å². The summed E-state index contributed by atoms with van der Waals surface area (Å²) in [6.07, 6.45) is 2.15. The highest BCUT2D eigenvalue weighted by molar-refractivity contribution is 7.99. The Morgan fingerprint density at radius 1 is 1.60 bits per heavy atom. The summed E-state index contributed by atoms with van der Waals surface area (Å²) < 4.78 is 0. The van der Waals surface area contributed by atoms with Crippen LogP contribution in [0.1, 0.15) is 19.8 Å². The van der Waals surface area contributed by atoms with Crippen molar-refractivity contribution in [1.29, 1.82) is 0 Å². The Bertz CT molecular complexity index is 70.6. The van der Waals surface area contributed by atoms with Gasteiger partial charge in [-0.15, -0.1) is 11.6 Å². The summed E-state index contributed by atoms with van der Waals surface area (Å²) in [6, 6.07) is 0. The zero-order valence-corrected chi connectivity index (χ0v) is 7.92. The molecule has 0 aromatic heterocycles. The Hall–Kier alpha value is 0.600. The van der Waals surface area contributed by atoms with E-state index in [0.29, 0.717) is 5.88 Å². The van der Waals surface area contributed by atoms with Crippen LogP contribution in [-0.4, -0.2) is 28.6 Å². The molecule has 10 heavy (non-hydrogen) atoms. The largest absolute Gasteiger partial charge is 0.391 e. The molecule has 0 aromatic carbocycles. The Kier molecular flexibility index (Phi) is 8.17. The molecule has 1 N–H and O–H groups in total. The molecule has 0 saturated heterocycles. The van der Waals surface area contributed by atoms with E-state index in [1.807, 2.05) is 0 Å². The summed E-state index contributed by atoms with van der Waals surface area (Å²) in [5.41, 5.74) is 0. The first-order chi connectivity index (χ1) is 4.81. The molecule has 0 rings (SSSR count). The second kappa shape index (κ2) is 7.70. The number of aliphatic hydroxyl groups excluding tert-OH is 1. The van der Waals surface area contributed by atoms with Gasteiger partial charge in [0, 0.05) is 11.6 Å². The number of hydrogen-bond acceptors (Lipinski definition) is 2. The van der Waals surface area contributed by atoms with Gasteiger partial charge >= 0.3 is 0 Å². The minimum Gasteiger partial charge on any atom is -0.391 e. The molecule has 0 spiro atoms. The van der Waals surface area contributed by atoms with Crippen molar-refractivity contribution < 1.29 is 5.11 Å². The average Bonchev–Trinajstić information content (AvgIpc) is 1.98. The summed E-state index contributed by atoms with van der Waals surface area (Å²) in [5.74, 6) is 2.28. The van der Waals surface area contributed by atoms with Crippen molar-refractivity contribution in [3.63, 3.8) is 0 Å². The highest BCUT2D eigenvalue weighted by Gasteiger charge is 1.99. The Morgan fingerprint density at radius 2 is 2.30 bits per heavy atom. The van der Waals surface area contributed by atoms with Gasteiger partial charge in [0.2, 0.25) is 0 Å². The fourth-order valence-corrected chi connectivity index (χ4v) is 1.80. The molecule has 1 atom stereocenters. The average molecular weight is 183 g/mol. The molecule has 0 aliphatic carbocycles. The van der Waals surface area contributed by atoms with Gasteiger partial charge in [0.15, 0.2) is 0 Å². The standard InChI is InChI=1S/C7H15ClOS/c1-2-3-4-10-6-7(9)5-8/h7,9H,2-6H2,1H3/t7-/m0/s1. The fraction of sp³-hybridized carbons (Fsp3) is 1.00. The second-order valence-electron chi connectivity index (χ2n) is 2.24. The number of rotatable bonds is 6. The molecule has 0 aromatic rings. The maximum atomic E-state index is 9.00. The van der Waals surface area contributed by atoms with E-state index in [-0.39, 0.29) is 6.10 Å². The molecule has 0 bridgehead atoms. The summed E-state index contributed by atoms with van der Waals surface area (Å²) in [6.45, 7) is 2.17. The summed E-state index contributed by atoms with van der Waals surface area (Å²) in [7, 11) is 0. The van der Waals surface area contributed by atoms with E-state index in [1.54, 1.807) is 11.8 Å². The summed E-state index contributed by atoms with van der Waals surface area (Å²) in [4.78, 5) is 0. The smallest absolute Gasteiger partial charge is 0.0765 e. The third kappa shape index (κ3) is 6.72. The highest BCUT2D eigenvalue weighted by Crippen LogP contribution is 2.06. The van der Waals surface area contributed by atoms with Crippen molar-refractivity contribution in [2.75, 3.05) is 17.4 Å². The maximum absolute atomic E-state index is 9.00. The zero-order valence-electron chi connectivity index (χ0n) is 6.35. The van der Waals surface area contributed by atoms with Crippen LogP contribution in [0.25, 0.3) is 0 Å². The highest BCUT2D eigenvalue weighted by atomic mass is 35.5. The van der Waals surface area contributed by atoms with Crippen LogP contribution in [0.4, 0.5) is 0 Å². The van der Waals surface area contributed by atoms with Crippen LogP contribution in [0.5, 0.6) is 0 Å². The van der Waals surface area contributed by atoms with Gasteiger partial charge < -0.3 is 5.11 Å². The van der Waals surface area contributed by atoms with Gasteiger partial charge in [0.25, 0.3) is 0 Å². The van der Waals surface area contributed by atoms with E-state index in [2.05, 4.69) is 6.92 Å². The molecule has 0 unspecified atom stereocenters. The first kappa shape index (κ1) is 10.6. The topological polar surface area (TPSA) is 20.2 Å². The molecule has 0 amide bonds. The predicted molar refractivity (Wildman–Crippen MR) is 49.0 cm³/mol. The van der Waals surface area contributed by atoms with Gasteiger partial charge in [-0.05, 0) is 12.2 Å². The van der Waals surface area contributed by atoms with Crippen LogP contribution < -0.4 is 0 Å². The van der Waals surface area contributed by atoms with Crippen molar-refractivity contribution in [2.24, 2.45) is 0 Å². The van der Waals surface area contributed by atoms with Crippen molar-refractivity contribution in [1.82, 2.24) is 0 Å². The number of aliphatic hydroxyl groups is 1. The SMILES string of the molecule is CCCCSC[C@@H](O)CCl. The lowest BCUT2D eigenvalue weighted by atomic mass is 10.4. The molecular weight excluding hydrogens is 168 g/mol. The lowest BCUT2D eigenvalue weighted by Crippen LogP contribution is -2.11. The third-order valence-corrected chi connectivity index (χ3v) is 2.68. The van der Waals surface area contributed by atoms with E-state index >= 15 is 0 Å². The Morgan fingerprint density at radius 3 is 2.80 bits per heavy atom. The Balaban J connectivity index is 2.89. The quantitative estimate of drug-likeness (QED) is 0.502. The van der Waals surface area contributed by atoms with E-state index < -0.39 is 0 Å². The fourth-order valence-electron chi connectivity index (χ4n) is 0.510. The molecule has 0 heterocycles.